The number of benzene rings is 1. The molecule has 2 unspecified atom stereocenters. The Morgan fingerprint density at radius 1 is 1.22 bits per heavy atom. The molecule has 0 heterocycles. The monoisotopic (exact) mass is 528 g/mol. The zero-order valence-electron chi connectivity index (χ0n) is 18.5. The van der Waals surface area contributed by atoms with Crippen LogP contribution in [0.4, 0.5) is 4.39 Å². The lowest BCUT2D eigenvalue weighted by Crippen LogP contribution is -2.43. The second-order valence-electron chi connectivity index (χ2n) is 8.59. The average molecular weight is 529 g/mol. The summed E-state index contributed by atoms with van der Waals surface area (Å²) in [5.41, 5.74) is 1.01. The number of halogens is 2. The lowest BCUT2D eigenvalue weighted by molar-refractivity contribution is -0.126. The van der Waals surface area contributed by atoms with Gasteiger partial charge in [-0.15, -0.1) is 0 Å². The largest absolute Gasteiger partial charge is 0.496 e. The fourth-order valence-electron chi connectivity index (χ4n) is 4.19. The van der Waals surface area contributed by atoms with E-state index in [2.05, 4.69) is 26.0 Å². The van der Waals surface area contributed by atoms with Crippen molar-refractivity contribution in [2.24, 2.45) is 11.8 Å². The fraction of sp³-hybridized carbons (Fsp3) is 0.522. The van der Waals surface area contributed by atoms with Crippen molar-refractivity contribution in [2.45, 2.75) is 62.9 Å². The van der Waals surface area contributed by atoms with Gasteiger partial charge >= 0.3 is 0 Å². The van der Waals surface area contributed by atoms with Crippen LogP contribution >= 0.6 is 15.9 Å². The van der Waals surface area contributed by atoms with Crippen LogP contribution in [-0.4, -0.2) is 33.5 Å². The van der Waals surface area contributed by atoms with Crippen LogP contribution in [0.1, 0.15) is 46.0 Å². The molecule has 2 N–H and O–H groups in total. The molecular formula is C23H30BrFN2O4S. The molecule has 2 atom stereocenters. The van der Waals surface area contributed by atoms with Crippen molar-refractivity contribution in [3.8, 4) is 5.75 Å². The molecule has 6 nitrogen and oxygen atoms in total. The Bertz CT molecular complexity index is 1020. The van der Waals surface area contributed by atoms with Gasteiger partial charge in [0.1, 0.15) is 11.6 Å². The molecule has 0 aliphatic heterocycles. The van der Waals surface area contributed by atoms with Gasteiger partial charge in [0.2, 0.25) is 15.9 Å². The van der Waals surface area contributed by atoms with Crippen molar-refractivity contribution in [1.82, 2.24) is 10.0 Å². The van der Waals surface area contributed by atoms with E-state index in [0.717, 1.165) is 5.57 Å². The molecule has 3 rings (SSSR count). The van der Waals surface area contributed by atoms with E-state index < -0.39 is 10.0 Å². The minimum atomic E-state index is -3.67. The van der Waals surface area contributed by atoms with E-state index in [9.17, 15) is 17.6 Å². The molecule has 32 heavy (non-hydrogen) atoms. The SMILES string of the molecule is COc1ccc(S(=O)(=O)NC2CCC(C(=O)NC(C)C3=CC=C(F)C(C)C3)CC2)cc1Br. The number of hydrogen-bond donors (Lipinski definition) is 2. The van der Waals surface area contributed by atoms with E-state index in [-0.39, 0.29) is 40.5 Å². The number of hydrogen-bond acceptors (Lipinski definition) is 4. The molecule has 1 saturated carbocycles. The van der Waals surface area contributed by atoms with Gasteiger partial charge in [0.05, 0.1) is 16.5 Å². The van der Waals surface area contributed by atoms with Gasteiger partial charge in [-0.2, -0.15) is 0 Å². The summed E-state index contributed by atoms with van der Waals surface area (Å²) in [6.07, 6.45) is 6.24. The average Bonchev–Trinajstić information content (AvgIpc) is 2.75. The Labute approximate surface area is 197 Å². The van der Waals surface area contributed by atoms with Crippen LogP contribution in [0.25, 0.3) is 0 Å². The quantitative estimate of drug-likeness (QED) is 0.540. The van der Waals surface area contributed by atoms with Crippen LogP contribution in [0.2, 0.25) is 0 Å². The van der Waals surface area contributed by atoms with E-state index >= 15 is 0 Å². The highest BCUT2D eigenvalue weighted by Crippen LogP contribution is 2.30. The summed E-state index contributed by atoms with van der Waals surface area (Å²) in [6, 6.07) is 4.27. The minimum Gasteiger partial charge on any atom is -0.496 e. The van der Waals surface area contributed by atoms with Gasteiger partial charge in [0.25, 0.3) is 0 Å². The maximum Gasteiger partial charge on any atom is 0.240 e. The van der Waals surface area contributed by atoms with E-state index in [1.54, 1.807) is 12.1 Å². The fourth-order valence-corrected chi connectivity index (χ4v) is 6.21. The summed E-state index contributed by atoms with van der Waals surface area (Å²) >= 11 is 3.32. The molecule has 1 aromatic carbocycles. The first-order valence-electron chi connectivity index (χ1n) is 10.8. The molecule has 0 bridgehead atoms. The van der Waals surface area contributed by atoms with Gasteiger partial charge < -0.3 is 10.1 Å². The summed E-state index contributed by atoms with van der Waals surface area (Å²) in [5.74, 6) is 0.0900. The van der Waals surface area contributed by atoms with Crippen LogP contribution in [0, 0.1) is 11.8 Å². The van der Waals surface area contributed by atoms with E-state index in [1.165, 1.54) is 25.3 Å². The molecule has 1 fully saturated rings. The van der Waals surface area contributed by atoms with Gasteiger partial charge in [0.15, 0.2) is 0 Å². The lowest BCUT2D eigenvalue weighted by Gasteiger charge is -2.30. The number of nitrogens with one attached hydrogen (secondary N) is 2. The number of carbonyl (C=O) groups excluding carboxylic acids is 1. The van der Waals surface area contributed by atoms with Gasteiger partial charge in [-0.05, 0) is 84.8 Å². The molecule has 0 aromatic heterocycles. The van der Waals surface area contributed by atoms with E-state index in [4.69, 9.17) is 4.74 Å². The maximum atomic E-state index is 13.6. The van der Waals surface area contributed by atoms with E-state index in [1.807, 2.05) is 13.8 Å². The molecular weight excluding hydrogens is 499 g/mol. The Hall–Kier alpha value is -1.71. The Morgan fingerprint density at radius 2 is 1.91 bits per heavy atom. The molecule has 176 valence electrons. The third-order valence-corrected chi connectivity index (χ3v) is 8.38. The minimum absolute atomic E-state index is 0.0264. The third-order valence-electron chi connectivity index (χ3n) is 6.24. The summed E-state index contributed by atoms with van der Waals surface area (Å²) in [5, 5.41) is 3.05. The van der Waals surface area contributed by atoms with Crippen molar-refractivity contribution in [3.05, 3.63) is 46.2 Å². The topological polar surface area (TPSA) is 84.5 Å². The van der Waals surface area contributed by atoms with Gasteiger partial charge in [0, 0.05) is 23.9 Å². The van der Waals surface area contributed by atoms with Crippen LogP contribution in [0.15, 0.2) is 51.1 Å². The van der Waals surface area contributed by atoms with Crippen molar-refractivity contribution in [1.29, 1.82) is 0 Å². The van der Waals surface area contributed by atoms with Gasteiger partial charge in [-0.3, -0.25) is 4.79 Å². The molecule has 2 aliphatic carbocycles. The van der Waals surface area contributed by atoms with Crippen LogP contribution < -0.4 is 14.8 Å². The number of rotatable bonds is 7. The molecule has 0 saturated heterocycles. The van der Waals surface area contributed by atoms with Crippen molar-refractivity contribution in [2.75, 3.05) is 7.11 Å². The molecule has 0 spiro atoms. The standard InChI is InChI=1S/C23H30BrFN2O4S/c1-14-12-17(6-10-21(14)25)15(2)26-23(28)16-4-7-18(8-5-16)27-32(29,30)19-9-11-22(31-3)20(24)13-19/h6,9-11,13-16,18,27H,4-5,7-8,12H2,1-3H3,(H,26,28). The van der Waals surface area contributed by atoms with Gasteiger partial charge in [-0.1, -0.05) is 13.0 Å². The molecule has 1 amide bonds. The lowest BCUT2D eigenvalue weighted by atomic mass is 9.85. The van der Waals surface area contributed by atoms with E-state index in [0.29, 0.717) is 42.3 Å². The number of amides is 1. The summed E-state index contributed by atoms with van der Waals surface area (Å²) in [6.45, 7) is 3.75. The van der Waals surface area contributed by atoms with Gasteiger partial charge in [-0.25, -0.2) is 17.5 Å². The second-order valence-corrected chi connectivity index (χ2v) is 11.2. The Balaban J connectivity index is 1.52. The first-order chi connectivity index (χ1) is 15.1. The predicted octanol–water partition coefficient (Wildman–Crippen LogP) is 4.62. The maximum absolute atomic E-state index is 13.6. The second kappa shape index (κ2) is 10.5. The first-order valence-corrected chi connectivity index (χ1v) is 13.1. The number of allylic oxidation sites excluding steroid dienone is 3. The van der Waals surface area contributed by atoms with Crippen LogP contribution in [0.5, 0.6) is 5.75 Å². The predicted molar refractivity (Wildman–Crippen MR) is 125 cm³/mol. The molecule has 9 heteroatoms. The number of sulfonamides is 1. The Morgan fingerprint density at radius 3 is 2.50 bits per heavy atom. The zero-order chi connectivity index (χ0) is 23.5. The highest BCUT2D eigenvalue weighted by Gasteiger charge is 2.30. The molecule has 2 aliphatic rings. The summed E-state index contributed by atoms with van der Waals surface area (Å²) < 4.78 is 47.5. The summed E-state index contributed by atoms with van der Waals surface area (Å²) in [7, 11) is -2.15. The van der Waals surface area contributed by atoms with Crippen LogP contribution in [-0.2, 0) is 14.8 Å². The van der Waals surface area contributed by atoms with Crippen molar-refractivity contribution >= 4 is 31.9 Å². The Kier molecular flexibility index (Phi) is 8.16. The first kappa shape index (κ1) is 24.9. The van der Waals surface area contributed by atoms with Crippen LogP contribution in [0.3, 0.4) is 0 Å². The van der Waals surface area contributed by atoms with Crippen molar-refractivity contribution < 1.29 is 22.3 Å². The highest BCUT2D eigenvalue weighted by molar-refractivity contribution is 9.10. The molecule has 0 radical (unpaired) electrons. The highest BCUT2D eigenvalue weighted by atomic mass is 79.9. The zero-order valence-corrected chi connectivity index (χ0v) is 20.9. The molecule has 1 aromatic rings. The smallest absolute Gasteiger partial charge is 0.240 e. The van der Waals surface area contributed by atoms with Crippen molar-refractivity contribution in [3.63, 3.8) is 0 Å². The third kappa shape index (κ3) is 5.99. The number of carbonyl (C=O) groups is 1. The number of methoxy groups -OCH3 is 1. The normalized spacial score (nSPS) is 24.8. The summed E-state index contributed by atoms with van der Waals surface area (Å²) in [4.78, 5) is 12.9. The number of ether oxygens (including phenoxy) is 1.